The molecule has 1 saturated heterocycles. The Hall–Kier alpha value is -2.86. The van der Waals surface area contributed by atoms with E-state index in [-0.39, 0.29) is 11.6 Å². The fraction of sp³-hybridized carbons (Fsp3) is 0.364. The number of hydrogen-bond donors (Lipinski definition) is 3. The lowest BCUT2D eigenvalue weighted by Crippen LogP contribution is -2.31. The van der Waals surface area contributed by atoms with E-state index in [1.165, 1.54) is 50.0 Å². The highest BCUT2D eigenvalue weighted by molar-refractivity contribution is 5.89. The SMILES string of the molecule is O=C(NCc1ccc(C(=O)O)cc1)Nc1ccc(CCN2CCCCC2)cc1. The van der Waals surface area contributed by atoms with E-state index < -0.39 is 5.97 Å². The smallest absolute Gasteiger partial charge is 0.335 e. The molecule has 0 unspecified atom stereocenters. The van der Waals surface area contributed by atoms with Crippen LogP contribution in [-0.2, 0) is 13.0 Å². The molecule has 6 nitrogen and oxygen atoms in total. The third-order valence-electron chi connectivity index (χ3n) is 5.03. The van der Waals surface area contributed by atoms with Crippen LogP contribution in [0.15, 0.2) is 48.5 Å². The first-order valence-electron chi connectivity index (χ1n) is 9.78. The first kappa shape index (κ1) is 19.9. The topological polar surface area (TPSA) is 81.7 Å². The number of anilines is 1. The number of carbonyl (C=O) groups is 2. The lowest BCUT2D eigenvalue weighted by Gasteiger charge is -2.26. The van der Waals surface area contributed by atoms with Crippen molar-refractivity contribution in [1.29, 1.82) is 0 Å². The fourth-order valence-electron chi connectivity index (χ4n) is 3.35. The van der Waals surface area contributed by atoms with Crippen molar-refractivity contribution in [1.82, 2.24) is 10.2 Å². The van der Waals surface area contributed by atoms with Crippen LogP contribution in [0.25, 0.3) is 0 Å². The molecule has 0 spiro atoms. The number of benzene rings is 2. The van der Waals surface area contributed by atoms with Gasteiger partial charge in [0.15, 0.2) is 0 Å². The summed E-state index contributed by atoms with van der Waals surface area (Å²) in [5.41, 5.74) is 3.09. The molecule has 1 fully saturated rings. The van der Waals surface area contributed by atoms with Gasteiger partial charge in [-0.25, -0.2) is 9.59 Å². The summed E-state index contributed by atoms with van der Waals surface area (Å²) in [6.45, 7) is 3.84. The standard InChI is InChI=1S/C22H27N3O3/c26-21(27)19-8-4-18(5-9-19)16-23-22(28)24-20-10-6-17(7-11-20)12-15-25-13-2-1-3-14-25/h4-11H,1-3,12-16H2,(H,26,27)(H2,23,24,28). The van der Waals surface area contributed by atoms with E-state index in [0.29, 0.717) is 6.54 Å². The molecular weight excluding hydrogens is 354 g/mol. The van der Waals surface area contributed by atoms with Crippen LogP contribution >= 0.6 is 0 Å². The quantitative estimate of drug-likeness (QED) is 0.682. The van der Waals surface area contributed by atoms with Crippen molar-refractivity contribution in [2.75, 3.05) is 25.0 Å². The average molecular weight is 381 g/mol. The first-order valence-corrected chi connectivity index (χ1v) is 9.78. The van der Waals surface area contributed by atoms with E-state index in [4.69, 9.17) is 5.11 Å². The highest BCUT2D eigenvalue weighted by atomic mass is 16.4. The molecule has 28 heavy (non-hydrogen) atoms. The minimum Gasteiger partial charge on any atom is -0.478 e. The van der Waals surface area contributed by atoms with Crippen molar-refractivity contribution in [3.05, 3.63) is 65.2 Å². The zero-order valence-corrected chi connectivity index (χ0v) is 16.0. The van der Waals surface area contributed by atoms with E-state index in [2.05, 4.69) is 27.7 Å². The van der Waals surface area contributed by atoms with E-state index >= 15 is 0 Å². The number of nitrogens with zero attached hydrogens (tertiary/aromatic N) is 1. The van der Waals surface area contributed by atoms with Gasteiger partial charge in [-0.3, -0.25) is 0 Å². The highest BCUT2D eigenvalue weighted by Crippen LogP contribution is 2.13. The molecule has 1 aliphatic rings. The van der Waals surface area contributed by atoms with Gasteiger partial charge in [-0.05, 0) is 67.7 Å². The summed E-state index contributed by atoms with van der Waals surface area (Å²) >= 11 is 0. The molecule has 0 bridgehead atoms. The maximum Gasteiger partial charge on any atom is 0.335 e. The number of nitrogens with one attached hydrogen (secondary N) is 2. The average Bonchev–Trinajstić information content (AvgIpc) is 2.73. The molecule has 0 aromatic heterocycles. The normalized spacial score (nSPS) is 14.4. The summed E-state index contributed by atoms with van der Waals surface area (Å²) in [5, 5.41) is 14.5. The van der Waals surface area contributed by atoms with Crippen LogP contribution in [-0.4, -0.2) is 41.6 Å². The van der Waals surface area contributed by atoms with E-state index in [9.17, 15) is 9.59 Å². The number of likely N-dealkylation sites (tertiary alicyclic amines) is 1. The van der Waals surface area contributed by atoms with Crippen LogP contribution in [0, 0.1) is 0 Å². The summed E-state index contributed by atoms with van der Waals surface area (Å²) in [4.78, 5) is 25.4. The predicted octanol–water partition coefficient (Wildman–Crippen LogP) is 3.73. The van der Waals surface area contributed by atoms with Gasteiger partial charge in [0.2, 0.25) is 0 Å². The van der Waals surface area contributed by atoms with Crippen molar-refractivity contribution >= 4 is 17.7 Å². The minimum absolute atomic E-state index is 0.230. The van der Waals surface area contributed by atoms with Crippen LogP contribution in [0.3, 0.4) is 0 Å². The lowest BCUT2D eigenvalue weighted by molar-refractivity contribution is 0.0697. The second-order valence-electron chi connectivity index (χ2n) is 7.16. The monoisotopic (exact) mass is 381 g/mol. The molecule has 1 aliphatic heterocycles. The Morgan fingerprint density at radius 2 is 1.54 bits per heavy atom. The second-order valence-corrected chi connectivity index (χ2v) is 7.16. The van der Waals surface area contributed by atoms with Crippen LogP contribution in [0.5, 0.6) is 0 Å². The number of carbonyl (C=O) groups excluding carboxylic acids is 1. The van der Waals surface area contributed by atoms with Gasteiger partial charge < -0.3 is 20.6 Å². The van der Waals surface area contributed by atoms with Gasteiger partial charge in [-0.15, -0.1) is 0 Å². The molecule has 3 N–H and O–H groups in total. The Kier molecular flexibility index (Phi) is 7.03. The molecule has 0 atom stereocenters. The Balaban J connectivity index is 1.41. The Morgan fingerprint density at radius 1 is 0.893 bits per heavy atom. The maximum atomic E-state index is 12.1. The third kappa shape index (κ3) is 6.09. The van der Waals surface area contributed by atoms with Gasteiger partial charge in [-0.1, -0.05) is 30.7 Å². The van der Waals surface area contributed by atoms with Crippen molar-refractivity contribution in [3.8, 4) is 0 Å². The molecule has 0 saturated carbocycles. The Morgan fingerprint density at radius 3 is 2.18 bits per heavy atom. The Labute approximate surface area is 165 Å². The largest absolute Gasteiger partial charge is 0.478 e. The van der Waals surface area contributed by atoms with Crippen molar-refractivity contribution in [2.45, 2.75) is 32.2 Å². The van der Waals surface area contributed by atoms with Gasteiger partial charge in [-0.2, -0.15) is 0 Å². The number of piperidine rings is 1. The summed E-state index contributed by atoms with van der Waals surface area (Å²) in [5.74, 6) is -0.961. The van der Waals surface area contributed by atoms with Gasteiger partial charge in [0, 0.05) is 18.8 Å². The second kappa shape index (κ2) is 9.90. The predicted molar refractivity (Wildman–Crippen MR) is 110 cm³/mol. The number of hydrogen-bond acceptors (Lipinski definition) is 3. The highest BCUT2D eigenvalue weighted by Gasteiger charge is 2.09. The molecule has 148 valence electrons. The molecule has 1 heterocycles. The molecule has 0 aliphatic carbocycles. The third-order valence-corrected chi connectivity index (χ3v) is 5.03. The molecule has 0 radical (unpaired) electrons. The van der Waals surface area contributed by atoms with E-state index in [1.807, 2.05) is 12.1 Å². The molecule has 3 rings (SSSR count). The number of rotatable bonds is 7. The van der Waals surface area contributed by atoms with E-state index in [1.54, 1.807) is 12.1 Å². The summed E-state index contributed by atoms with van der Waals surface area (Å²) in [6.07, 6.45) is 4.99. The first-order chi connectivity index (χ1) is 13.6. The van der Waals surface area contributed by atoms with Gasteiger partial charge in [0.25, 0.3) is 0 Å². The summed E-state index contributed by atoms with van der Waals surface area (Å²) < 4.78 is 0. The number of urea groups is 1. The van der Waals surface area contributed by atoms with Gasteiger partial charge in [0.1, 0.15) is 0 Å². The lowest BCUT2D eigenvalue weighted by atomic mass is 10.1. The Bertz CT molecular complexity index is 782. The molecular formula is C22H27N3O3. The molecule has 6 heteroatoms. The minimum atomic E-state index is -0.961. The van der Waals surface area contributed by atoms with Gasteiger partial charge >= 0.3 is 12.0 Å². The van der Waals surface area contributed by atoms with Gasteiger partial charge in [0.05, 0.1) is 5.56 Å². The summed E-state index contributed by atoms with van der Waals surface area (Å²) in [7, 11) is 0. The molecule has 2 aromatic rings. The fourth-order valence-corrected chi connectivity index (χ4v) is 3.35. The van der Waals surface area contributed by atoms with Crippen LogP contribution < -0.4 is 10.6 Å². The van der Waals surface area contributed by atoms with Crippen LogP contribution in [0.1, 0.15) is 40.7 Å². The number of amides is 2. The maximum absolute atomic E-state index is 12.1. The summed E-state index contributed by atoms with van der Waals surface area (Å²) in [6, 6.07) is 14.1. The van der Waals surface area contributed by atoms with Crippen LogP contribution in [0.4, 0.5) is 10.5 Å². The number of carboxylic acid groups (broad SMARTS) is 1. The number of carboxylic acids is 1. The molecule has 2 amide bonds. The van der Waals surface area contributed by atoms with E-state index in [0.717, 1.165) is 24.2 Å². The van der Waals surface area contributed by atoms with Crippen LogP contribution in [0.2, 0.25) is 0 Å². The van der Waals surface area contributed by atoms with Crippen molar-refractivity contribution in [3.63, 3.8) is 0 Å². The molecule has 2 aromatic carbocycles. The van der Waals surface area contributed by atoms with Crippen molar-refractivity contribution < 1.29 is 14.7 Å². The zero-order valence-electron chi connectivity index (χ0n) is 16.0. The zero-order chi connectivity index (χ0) is 19.8. The van der Waals surface area contributed by atoms with Crippen molar-refractivity contribution in [2.24, 2.45) is 0 Å². The number of aromatic carboxylic acids is 1.